The summed E-state index contributed by atoms with van der Waals surface area (Å²) in [5, 5.41) is 0. The fourth-order valence-electron chi connectivity index (χ4n) is 2.30. The first kappa shape index (κ1) is 16.9. The molecule has 23 heavy (non-hydrogen) atoms. The van der Waals surface area contributed by atoms with Crippen LogP contribution in [0.15, 0.2) is 54.6 Å². The number of hydrogen-bond donors (Lipinski definition) is 0. The van der Waals surface area contributed by atoms with Crippen molar-refractivity contribution in [2.24, 2.45) is 0 Å². The van der Waals surface area contributed by atoms with E-state index in [-0.39, 0.29) is 5.91 Å². The van der Waals surface area contributed by atoms with Crippen LogP contribution in [-0.4, -0.2) is 31.1 Å². The summed E-state index contributed by atoms with van der Waals surface area (Å²) in [5.74, 6) is 1.50. The predicted octanol–water partition coefficient (Wildman–Crippen LogP) is 3.51. The van der Waals surface area contributed by atoms with Gasteiger partial charge >= 0.3 is 0 Å². The summed E-state index contributed by atoms with van der Waals surface area (Å²) in [6.45, 7) is 2.49. The summed E-state index contributed by atoms with van der Waals surface area (Å²) in [5.41, 5.74) is 1.05. The molecule has 0 aromatic heterocycles. The molecule has 1 atom stereocenters. The van der Waals surface area contributed by atoms with Crippen LogP contribution in [0.1, 0.15) is 18.9 Å². The van der Waals surface area contributed by atoms with E-state index in [0.717, 1.165) is 11.3 Å². The number of ether oxygens (including phenoxy) is 2. The number of amides is 1. The van der Waals surface area contributed by atoms with Crippen LogP contribution in [0, 0.1) is 0 Å². The molecule has 2 rings (SSSR count). The minimum atomic E-state index is -0.472. The van der Waals surface area contributed by atoms with Gasteiger partial charge in [0, 0.05) is 13.6 Å². The average Bonchev–Trinajstić information content (AvgIpc) is 2.60. The zero-order valence-electron chi connectivity index (χ0n) is 13.9. The monoisotopic (exact) mass is 313 g/mol. The Morgan fingerprint density at radius 2 is 1.70 bits per heavy atom. The molecular weight excluding hydrogens is 290 g/mol. The highest BCUT2D eigenvalue weighted by Gasteiger charge is 2.22. The summed E-state index contributed by atoms with van der Waals surface area (Å²) < 4.78 is 11.0. The molecule has 0 unspecified atom stereocenters. The predicted molar refractivity (Wildman–Crippen MR) is 90.6 cm³/mol. The van der Waals surface area contributed by atoms with Gasteiger partial charge in [0.05, 0.1) is 7.11 Å². The zero-order valence-corrected chi connectivity index (χ0v) is 13.9. The largest absolute Gasteiger partial charge is 0.497 e. The van der Waals surface area contributed by atoms with Gasteiger partial charge in [0.2, 0.25) is 0 Å². The number of carbonyl (C=O) groups excluding carboxylic acids is 1. The van der Waals surface area contributed by atoms with Crippen molar-refractivity contribution in [2.75, 3.05) is 14.2 Å². The lowest BCUT2D eigenvalue weighted by atomic mass is 10.2. The minimum Gasteiger partial charge on any atom is -0.497 e. The van der Waals surface area contributed by atoms with E-state index in [1.54, 1.807) is 19.1 Å². The lowest BCUT2D eigenvalue weighted by Gasteiger charge is -2.24. The number of para-hydroxylation sites is 1. The van der Waals surface area contributed by atoms with Crippen molar-refractivity contribution in [1.82, 2.24) is 4.90 Å². The Balaban J connectivity index is 1.98. The summed E-state index contributed by atoms with van der Waals surface area (Å²) in [6, 6.07) is 17.1. The highest BCUT2D eigenvalue weighted by Crippen LogP contribution is 2.16. The smallest absolute Gasteiger partial charge is 0.263 e. The van der Waals surface area contributed by atoms with Gasteiger partial charge in [0.25, 0.3) is 5.91 Å². The highest BCUT2D eigenvalue weighted by molar-refractivity contribution is 5.81. The van der Waals surface area contributed by atoms with Crippen molar-refractivity contribution in [3.63, 3.8) is 0 Å². The van der Waals surface area contributed by atoms with Crippen molar-refractivity contribution >= 4 is 5.91 Å². The van der Waals surface area contributed by atoms with Crippen LogP contribution in [-0.2, 0) is 11.3 Å². The Labute approximate surface area is 137 Å². The first-order chi connectivity index (χ1) is 11.1. The third-order valence-electron chi connectivity index (χ3n) is 3.62. The van der Waals surface area contributed by atoms with Gasteiger partial charge in [-0.15, -0.1) is 0 Å². The third kappa shape index (κ3) is 4.74. The normalized spacial score (nSPS) is 11.6. The van der Waals surface area contributed by atoms with Crippen molar-refractivity contribution in [3.05, 3.63) is 60.2 Å². The summed E-state index contributed by atoms with van der Waals surface area (Å²) >= 11 is 0. The van der Waals surface area contributed by atoms with E-state index < -0.39 is 6.10 Å². The molecule has 1 amide bonds. The van der Waals surface area contributed by atoms with E-state index in [1.807, 2.05) is 61.5 Å². The molecule has 0 aliphatic rings. The molecule has 0 heterocycles. The van der Waals surface area contributed by atoms with Gasteiger partial charge in [-0.3, -0.25) is 4.79 Å². The molecule has 4 heteroatoms. The van der Waals surface area contributed by atoms with E-state index >= 15 is 0 Å². The SMILES string of the molecule is CC[C@H](Oc1ccccc1)C(=O)N(C)Cc1ccc(OC)cc1. The Bertz CT molecular complexity index is 610. The molecule has 4 nitrogen and oxygen atoms in total. The molecule has 0 radical (unpaired) electrons. The number of carbonyl (C=O) groups is 1. The first-order valence-corrected chi connectivity index (χ1v) is 7.73. The summed E-state index contributed by atoms with van der Waals surface area (Å²) in [7, 11) is 3.43. The molecule has 122 valence electrons. The Kier molecular flexibility index (Phi) is 6.03. The lowest BCUT2D eigenvalue weighted by molar-refractivity contribution is -0.138. The number of likely N-dealkylation sites (N-methyl/N-ethyl adjacent to an activating group) is 1. The van der Waals surface area contributed by atoms with Gasteiger partial charge in [-0.25, -0.2) is 0 Å². The maximum atomic E-state index is 12.6. The maximum Gasteiger partial charge on any atom is 0.263 e. The van der Waals surface area contributed by atoms with E-state index in [0.29, 0.717) is 18.7 Å². The second kappa shape index (κ2) is 8.22. The summed E-state index contributed by atoms with van der Waals surface area (Å²) in [4.78, 5) is 14.3. The fourth-order valence-corrected chi connectivity index (χ4v) is 2.30. The standard InChI is InChI=1S/C19H23NO3/c1-4-18(23-17-8-6-5-7-9-17)19(21)20(2)14-15-10-12-16(22-3)13-11-15/h5-13,18H,4,14H2,1-3H3/t18-/m0/s1. The molecule has 0 aliphatic carbocycles. The molecule has 0 N–H and O–H groups in total. The lowest BCUT2D eigenvalue weighted by Crippen LogP contribution is -2.39. The van der Waals surface area contributed by atoms with Crippen molar-refractivity contribution in [3.8, 4) is 11.5 Å². The molecule has 0 fully saturated rings. The number of methoxy groups -OCH3 is 1. The number of hydrogen-bond acceptors (Lipinski definition) is 3. The Hall–Kier alpha value is -2.49. The van der Waals surface area contributed by atoms with Gasteiger partial charge < -0.3 is 14.4 Å². The minimum absolute atomic E-state index is 0.0211. The second-order valence-corrected chi connectivity index (χ2v) is 5.37. The second-order valence-electron chi connectivity index (χ2n) is 5.37. The molecular formula is C19H23NO3. The van der Waals surface area contributed by atoms with Crippen LogP contribution in [0.5, 0.6) is 11.5 Å². The highest BCUT2D eigenvalue weighted by atomic mass is 16.5. The van der Waals surface area contributed by atoms with Crippen LogP contribution in [0.2, 0.25) is 0 Å². The van der Waals surface area contributed by atoms with Gasteiger partial charge in [0.1, 0.15) is 11.5 Å². The zero-order chi connectivity index (χ0) is 16.7. The van der Waals surface area contributed by atoms with Gasteiger partial charge in [-0.1, -0.05) is 37.3 Å². The Morgan fingerprint density at radius 3 is 2.26 bits per heavy atom. The van der Waals surface area contributed by atoms with E-state index in [1.165, 1.54) is 0 Å². The quantitative estimate of drug-likeness (QED) is 0.785. The molecule has 0 bridgehead atoms. The molecule has 0 saturated heterocycles. The van der Waals surface area contributed by atoms with E-state index in [9.17, 15) is 4.79 Å². The topological polar surface area (TPSA) is 38.8 Å². The van der Waals surface area contributed by atoms with Crippen molar-refractivity contribution in [1.29, 1.82) is 0 Å². The average molecular weight is 313 g/mol. The maximum absolute atomic E-state index is 12.6. The number of rotatable bonds is 7. The number of benzene rings is 2. The van der Waals surface area contributed by atoms with Gasteiger partial charge in [-0.2, -0.15) is 0 Å². The van der Waals surface area contributed by atoms with Crippen LogP contribution in [0.4, 0.5) is 0 Å². The number of nitrogens with zero attached hydrogens (tertiary/aromatic N) is 1. The molecule has 2 aromatic carbocycles. The van der Waals surface area contributed by atoms with Gasteiger partial charge in [-0.05, 0) is 36.2 Å². The third-order valence-corrected chi connectivity index (χ3v) is 3.62. The van der Waals surface area contributed by atoms with E-state index in [4.69, 9.17) is 9.47 Å². The van der Waals surface area contributed by atoms with Crippen LogP contribution < -0.4 is 9.47 Å². The molecule has 0 spiro atoms. The molecule has 0 aliphatic heterocycles. The Morgan fingerprint density at radius 1 is 1.04 bits per heavy atom. The van der Waals surface area contributed by atoms with Crippen LogP contribution >= 0.6 is 0 Å². The van der Waals surface area contributed by atoms with Gasteiger partial charge in [0.15, 0.2) is 6.10 Å². The first-order valence-electron chi connectivity index (χ1n) is 7.73. The van der Waals surface area contributed by atoms with E-state index in [2.05, 4.69) is 0 Å². The van der Waals surface area contributed by atoms with Crippen molar-refractivity contribution in [2.45, 2.75) is 26.0 Å². The van der Waals surface area contributed by atoms with Crippen LogP contribution in [0.3, 0.4) is 0 Å². The molecule has 2 aromatic rings. The summed E-state index contributed by atoms with van der Waals surface area (Å²) in [6.07, 6.45) is 0.154. The molecule has 0 saturated carbocycles. The fraction of sp³-hybridized carbons (Fsp3) is 0.316. The van der Waals surface area contributed by atoms with Crippen LogP contribution in [0.25, 0.3) is 0 Å². The van der Waals surface area contributed by atoms with Crippen molar-refractivity contribution < 1.29 is 14.3 Å².